The summed E-state index contributed by atoms with van der Waals surface area (Å²) in [5.74, 6) is 0. The molecule has 0 spiro atoms. The number of ether oxygens (including phenoxy) is 1. The third-order valence-corrected chi connectivity index (χ3v) is 2.74. The minimum absolute atomic E-state index is 0.209. The first-order chi connectivity index (χ1) is 7.52. The monoisotopic (exact) mass is 222 g/mol. The van der Waals surface area contributed by atoms with E-state index in [-0.39, 0.29) is 6.10 Å². The fourth-order valence-corrected chi connectivity index (χ4v) is 1.67. The molecule has 0 saturated heterocycles. The van der Waals surface area contributed by atoms with Crippen molar-refractivity contribution >= 4 is 0 Å². The summed E-state index contributed by atoms with van der Waals surface area (Å²) in [4.78, 5) is 0. The van der Waals surface area contributed by atoms with Crippen molar-refractivity contribution in [3.8, 4) is 0 Å². The average molecular weight is 222 g/mol. The van der Waals surface area contributed by atoms with Crippen LogP contribution in [0.1, 0.15) is 43.1 Å². The topological polar surface area (TPSA) is 29.5 Å². The van der Waals surface area contributed by atoms with E-state index in [1.54, 1.807) is 0 Å². The van der Waals surface area contributed by atoms with E-state index >= 15 is 0 Å². The van der Waals surface area contributed by atoms with Crippen molar-refractivity contribution in [2.75, 3.05) is 6.61 Å². The minimum atomic E-state index is -0.521. The van der Waals surface area contributed by atoms with Crippen LogP contribution in [0.15, 0.2) is 18.2 Å². The van der Waals surface area contributed by atoms with Crippen LogP contribution in [0.5, 0.6) is 0 Å². The second kappa shape index (κ2) is 6.02. The Morgan fingerprint density at radius 3 is 2.25 bits per heavy atom. The molecule has 1 aromatic rings. The molecule has 0 fully saturated rings. The molecule has 1 N–H and O–H groups in total. The van der Waals surface area contributed by atoms with Crippen molar-refractivity contribution in [1.82, 2.24) is 0 Å². The van der Waals surface area contributed by atoms with Crippen molar-refractivity contribution in [3.05, 3.63) is 34.9 Å². The third kappa shape index (κ3) is 3.95. The molecule has 0 amide bonds. The van der Waals surface area contributed by atoms with Gasteiger partial charge >= 0.3 is 0 Å². The van der Waals surface area contributed by atoms with Gasteiger partial charge in [-0.1, -0.05) is 36.2 Å². The predicted molar refractivity (Wildman–Crippen MR) is 66.6 cm³/mol. The van der Waals surface area contributed by atoms with Gasteiger partial charge in [-0.3, -0.25) is 0 Å². The molecule has 2 atom stereocenters. The quantitative estimate of drug-likeness (QED) is 0.829. The lowest BCUT2D eigenvalue weighted by molar-refractivity contribution is -0.00378. The number of aliphatic hydroxyl groups excluding tert-OH is 1. The summed E-state index contributed by atoms with van der Waals surface area (Å²) < 4.78 is 5.54. The van der Waals surface area contributed by atoms with Crippen molar-refractivity contribution in [3.63, 3.8) is 0 Å². The molecule has 0 aromatic heterocycles. The highest BCUT2D eigenvalue weighted by Crippen LogP contribution is 2.17. The standard InChI is InChI=1S/C14H22O2/c1-5-12(4)16-9-14(15)13-7-10(2)6-11(3)8-13/h6-8,12,14-15H,5,9H2,1-4H3. The van der Waals surface area contributed by atoms with Gasteiger partial charge in [0.2, 0.25) is 0 Å². The Balaban J connectivity index is 2.62. The van der Waals surface area contributed by atoms with E-state index in [1.807, 2.05) is 32.9 Å². The van der Waals surface area contributed by atoms with Gasteiger partial charge in [-0.25, -0.2) is 0 Å². The lowest BCUT2D eigenvalue weighted by Crippen LogP contribution is -2.14. The van der Waals surface area contributed by atoms with Gasteiger partial charge in [-0.05, 0) is 32.8 Å². The molecule has 90 valence electrons. The number of benzene rings is 1. The normalized spacial score (nSPS) is 14.8. The molecule has 2 unspecified atom stereocenters. The van der Waals surface area contributed by atoms with Gasteiger partial charge in [0.15, 0.2) is 0 Å². The van der Waals surface area contributed by atoms with Crippen LogP contribution in [-0.2, 0) is 4.74 Å². The van der Waals surface area contributed by atoms with E-state index in [4.69, 9.17) is 4.74 Å². The van der Waals surface area contributed by atoms with Gasteiger partial charge in [-0.15, -0.1) is 0 Å². The molecule has 0 heterocycles. The Kier molecular flexibility index (Phi) is 4.97. The fourth-order valence-electron chi connectivity index (χ4n) is 1.67. The van der Waals surface area contributed by atoms with Crippen LogP contribution in [0.2, 0.25) is 0 Å². The van der Waals surface area contributed by atoms with Crippen LogP contribution in [0.25, 0.3) is 0 Å². The number of hydrogen-bond acceptors (Lipinski definition) is 2. The van der Waals surface area contributed by atoms with E-state index in [0.29, 0.717) is 6.61 Å². The van der Waals surface area contributed by atoms with Crippen molar-refractivity contribution in [2.24, 2.45) is 0 Å². The summed E-state index contributed by atoms with van der Waals surface area (Å²) in [6.45, 7) is 8.55. The zero-order chi connectivity index (χ0) is 12.1. The van der Waals surface area contributed by atoms with Crippen LogP contribution in [0.3, 0.4) is 0 Å². The maximum atomic E-state index is 9.99. The van der Waals surface area contributed by atoms with Gasteiger partial charge in [-0.2, -0.15) is 0 Å². The summed E-state index contributed by atoms with van der Waals surface area (Å²) in [5, 5.41) is 9.99. The molecule has 1 aromatic carbocycles. The highest BCUT2D eigenvalue weighted by molar-refractivity contribution is 5.29. The molecular weight excluding hydrogens is 200 g/mol. The third-order valence-electron chi connectivity index (χ3n) is 2.74. The van der Waals surface area contributed by atoms with E-state index in [9.17, 15) is 5.11 Å². The molecule has 2 nitrogen and oxygen atoms in total. The zero-order valence-corrected chi connectivity index (χ0v) is 10.7. The number of aryl methyl sites for hydroxylation is 2. The number of rotatable bonds is 5. The van der Waals surface area contributed by atoms with E-state index in [2.05, 4.69) is 13.0 Å². The largest absolute Gasteiger partial charge is 0.386 e. The molecule has 0 aliphatic rings. The highest BCUT2D eigenvalue weighted by Gasteiger charge is 2.10. The second-order valence-corrected chi connectivity index (χ2v) is 4.49. The minimum Gasteiger partial charge on any atom is -0.386 e. The molecule has 16 heavy (non-hydrogen) atoms. The summed E-state index contributed by atoms with van der Waals surface area (Å²) in [6, 6.07) is 6.13. The fraction of sp³-hybridized carbons (Fsp3) is 0.571. The first-order valence-corrected chi connectivity index (χ1v) is 5.90. The van der Waals surface area contributed by atoms with Crippen molar-refractivity contribution in [2.45, 2.75) is 46.3 Å². The summed E-state index contributed by atoms with van der Waals surface area (Å²) >= 11 is 0. The van der Waals surface area contributed by atoms with Crippen LogP contribution < -0.4 is 0 Å². The van der Waals surface area contributed by atoms with E-state index < -0.39 is 6.10 Å². The maximum absolute atomic E-state index is 9.99. The van der Waals surface area contributed by atoms with Crippen LogP contribution >= 0.6 is 0 Å². The molecule has 2 heteroatoms. The van der Waals surface area contributed by atoms with Gasteiger partial charge in [0.1, 0.15) is 6.10 Å². The maximum Gasteiger partial charge on any atom is 0.102 e. The molecule has 0 aliphatic carbocycles. The highest BCUT2D eigenvalue weighted by atomic mass is 16.5. The zero-order valence-electron chi connectivity index (χ0n) is 10.7. The first kappa shape index (κ1) is 13.2. The molecule has 0 bridgehead atoms. The summed E-state index contributed by atoms with van der Waals surface area (Å²) in [6.07, 6.45) is 0.660. The lowest BCUT2D eigenvalue weighted by Gasteiger charge is -2.16. The molecule has 0 saturated carbocycles. The Bertz CT molecular complexity index is 313. The number of aliphatic hydroxyl groups is 1. The predicted octanol–water partition coefficient (Wildman–Crippen LogP) is 3.15. The molecule has 0 radical (unpaired) electrons. The van der Waals surface area contributed by atoms with E-state index in [0.717, 1.165) is 12.0 Å². The Morgan fingerprint density at radius 1 is 1.19 bits per heavy atom. The Hall–Kier alpha value is -0.860. The summed E-state index contributed by atoms with van der Waals surface area (Å²) in [7, 11) is 0. The van der Waals surface area contributed by atoms with Gasteiger partial charge in [0.05, 0.1) is 12.7 Å². The van der Waals surface area contributed by atoms with Gasteiger partial charge < -0.3 is 9.84 Å². The van der Waals surface area contributed by atoms with Crippen molar-refractivity contribution in [1.29, 1.82) is 0 Å². The average Bonchev–Trinajstić information content (AvgIpc) is 2.23. The molecular formula is C14H22O2. The van der Waals surface area contributed by atoms with Gasteiger partial charge in [0, 0.05) is 0 Å². The van der Waals surface area contributed by atoms with Crippen LogP contribution in [-0.4, -0.2) is 17.8 Å². The lowest BCUT2D eigenvalue weighted by atomic mass is 10.0. The Labute approximate surface area is 98.3 Å². The second-order valence-electron chi connectivity index (χ2n) is 4.49. The molecule has 0 aliphatic heterocycles. The van der Waals surface area contributed by atoms with Crippen LogP contribution in [0, 0.1) is 13.8 Å². The van der Waals surface area contributed by atoms with Crippen molar-refractivity contribution < 1.29 is 9.84 Å². The smallest absolute Gasteiger partial charge is 0.102 e. The Morgan fingerprint density at radius 2 is 1.75 bits per heavy atom. The van der Waals surface area contributed by atoms with Crippen LogP contribution in [0.4, 0.5) is 0 Å². The first-order valence-electron chi connectivity index (χ1n) is 5.90. The number of hydrogen-bond donors (Lipinski definition) is 1. The van der Waals surface area contributed by atoms with Gasteiger partial charge in [0.25, 0.3) is 0 Å². The SMILES string of the molecule is CCC(C)OCC(O)c1cc(C)cc(C)c1. The molecule has 1 rings (SSSR count). The summed E-state index contributed by atoms with van der Waals surface area (Å²) in [5.41, 5.74) is 3.30. The van der Waals surface area contributed by atoms with E-state index in [1.165, 1.54) is 11.1 Å².